The molecule has 1 unspecified atom stereocenters. The molecule has 2 fully saturated rings. The number of piperidine rings is 1. The Bertz CT molecular complexity index is 629. The Balaban J connectivity index is 1.75. The quantitative estimate of drug-likeness (QED) is 0.810. The number of carbonyl (C=O) groups is 2. The van der Waals surface area contributed by atoms with Crippen molar-refractivity contribution in [1.29, 1.82) is 0 Å². The molecule has 1 aromatic carbocycles. The van der Waals surface area contributed by atoms with Crippen LogP contribution in [0.25, 0.3) is 0 Å². The first-order valence-corrected chi connectivity index (χ1v) is 9.32. The van der Waals surface area contributed by atoms with Crippen molar-refractivity contribution in [3.8, 4) is 0 Å². The lowest BCUT2D eigenvalue weighted by Gasteiger charge is -2.41. The van der Waals surface area contributed by atoms with Crippen LogP contribution in [-0.4, -0.2) is 36.3 Å². The fourth-order valence-corrected chi connectivity index (χ4v) is 3.90. The molecule has 1 aliphatic heterocycles. The molecule has 134 valence electrons. The summed E-state index contributed by atoms with van der Waals surface area (Å²) in [7, 11) is 0. The zero-order valence-corrected chi connectivity index (χ0v) is 15.0. The van der Waals surface area contributed by atoms with Gasteiger partial charge in [0.05, 0.1) is 5.41 Å². The zero-order valence-electron chi connectivity index (χ0n) is 15.0. The van der Waals surface area contributed by atoms with Crippen molar-refractivity contribution in [3.63, 3.8) is 0 Å². The van der Waals surface area contributed by atoms with E-state index in [1.165, 1.54) is 18.9 Å². The van der Waals surface area contributed by atoms with Gasteiger partial charge in [-0.2, -0.15) is 0 Å². The number of hydrogen-bond acceptors (Lipinski definition) is 2. The van der Waals surface area contributed by atoms with Crippen molar-refractivity contribution in [2.24, 2.45) is 11.8 Å². The number of nitrogens with zero attached hydrogens (tertiary/aromatic N) is 1. The molecule has 0 radical (unpaired) electrons. The fourth-order valence-electron chi connectivity index (χ4n) is 3.90. The van der Waals surface area contributed by atoms with Gasteiger partial charge in [0, 0.05) is 19.6 Å². The molecule has 1 saturated heterocycles. The highest BCUT2D eigenvalue weighted by Gasteiger charge is 2.43. The molecule has 25 heavy (non-hydrogen) atoms. The molecule has 1 aromatic rings. The van der Waals surface area contributed by atoms with Gasteiger partial charge in [-0.1, -0.05) is 43.8 Å². The van der Waals surface area contributed by atoms with Gasteiger partial charge in [0.2, 0.25) is 11.8 Å². The zero-order chi connectivity index (χ0) is 17.9. The average molecular weight is 340 g/mol. The molecule has 1 aliphatic carbocycles. The molecule has 1 heterocycles. The maximum Gasteiger partial charge on any atom is 0.245 e. The third-order valence-corrected chi connectivity index (χ3v) is 5.88. The first-order valence-electron chi connectivity index (χ1n) is 9.32. The summed E-state index contributed by atoms with van der Waals surface area (Å²) in [6, 6.07) is 10.0. The first-order chi connectivity index (χ1) is 12.1. The predicted molar refractivity (Wildman–Crippen MR) is 99.0 cm³/mol. The summed E-state index contributed by atoms with van der Waals surface area (Å²) in [5.41, 5.74) is 0.514. The molecule has 4 nitrogen and oxygen atoms in total. The molecule has 2 amide bonds. The van der Waals surface area contributed by atoms with E-state index < -0.39 is 5.41 Å². The van der Waals surface area contributed by atoms with E-state index in [0.717, 1.165) is 18.0 Å². The number of carbonyl (C=O) groups excluding carboxylic acids is 2. The van der Waals surface area contributed by atoms with E-state index in [-0.39, 0.29) is 11.8 Å². The summed E-state index contributed by atoms with van der Waals surface area (Å²) in [5.74, 6) is 1.38. The van der Waals surface area contributed by atoms with E-state index in [2.05, 4.69) is 18.8 Å². The van der Waals surface area contributed by atoms with E-state index in [9.17, 15) is 9.59 Å². The van der Waals surface area contributed by atoms with E-state index in [1.54, 1.807) is 4.90 Å². The van der Waals surface area contributed by atoms with Crippen LogP contribution < -0.4 is 5.32 Å². The van der Waals surface area contributed by atoms with Gasteiger partial charge >= 0.3 is 0 Å². The van der Waals surface area contributed by atoms with Gasteiger partial charge in [0.1, 0.15) is 0 Å². The highest BCUT2D eigenvalue weighted by atomic mass is 16.2. The van der Waals surface area contributed by atoms with E-state index in [4.69, 9.17) is 0 Å². The summed E-state index contributed by atoms with van der Waals surface area (Å²) >= 11 is 0. The normalized spacial score (nSPS) is 20.6. The predicted octanol–water partition coefficient (Wildman–Crippen LogP) is 2.90. The lowest BCUT2D eigenvalue weighted by atomic mass is 9.72. The minimum absolute atomic E-state index is 0.0515. The summed E-state index contributed by atoms with van der Waals surface area (Å²) in [6.45, 7) is 7.71. The maximum atomic E-state index is 13.2. The Morgan fingerprint density at radius 2 is 1.92 bits per heavy atom. The number of hydrogen-bond donors (Lipinski definition) is 1. The number of amides is 2. The molecule has 1 N–H and O–H groups in total. The van der Waals surface area contributed by atoms with Gasteiger partial charge in [-0.3, -0.25) is 9.59 Å². The molecular formula is C21H28N2O2. The highest BCUT2D eigenvalue weighted by Crippen LogP contribution is 2.38. The number of benzene rings is 1. The second-order valence-corrected chi connectivity index (χ2v) is 7.50. The van der Waals surface area contributed by atoms with Crippen molar-refractivity contribution in [1.82, 2.24) is 10.2 Å². The average Bonchev–Trinajstić information content (AvgIpc) is 3.51. The molecule has 3 rings (SSSR count). The molecule has 2 aliphatic rings. The van der Waals surface area contributed by atoms with Crippen LogP contribution in [0.2, 0.25) is 0 Å². The minimum Gasteiger partial charge on any atom is -0.355 e. The fraction of sp³-hybridized carbons (Fsp3) is 0.524. The number of likely N-dealkylation sites (tertiary alicyclic amines) is 1. The van der Waals surface area contributed by atoms with Crippen LogP contribution in [0.4, 0.5) is 0 Å². The smallest absolute Gasteiger partial charge is 0.245 e. The standard InChI is InChI=1S/C21H28N2O2/c1-3-19(24)23-13-11-21(12-14-23,18-7-5-4-6-8-18)20(25)22-15-16(2)17-9-10-17/h3-8,16-17H,1,9-15H2,2H3,(H,22,25). The van der Waals surface area contributed by atoms with E-state index >= 15 is 0 Å². The van der Waals surface area contributed by atoms with Crippen LogP contribution in [0.15, 0.2) is 43.0 Å². The van der Waals surface area contributed by atoms with Gasteiger partial charge in [-0.15, -0.1) is 0 Å². The van der Waals surface area contributed by atoms with Crippen molar-refractivity contribution >= 4 is 11.8 Å². The minimum atomic E-state index is -0.539. The summed E-state index contributed by atoms with van der Waals surface area (Å²) in [5, 5.41) is 3.21. The van der Waals surface area contributed by atoms with Gasteiger partial charge in [0.15, 0.2) is 0 Å². The summed E-state index contributed by atoms with van der Waals surface area (Å²) in [4.78, 5) is 26.9. The van der Waals surface area contributed by atoms with Crippen LogP contribution in [-0.2, 0) is 15.0 Å². The highest BCUT2D eigenvalue weighted by molar-refractivity contribution is 5.90. The Morgan fingerprint density at radius 3 is 2.48 bits per heavy atom. The van der Waals surface area contributed by atoms with Gasteiger partial charge in [0.25, 0.3) is 0 Å². The monoisotopic (exact) mass is 340 g/mol. The topological polar surface area (TPSA) is 49.4 Å². The Hall–Kier alpha value is -2.10. The lowest BCUT2D eigenvalue weighted by Crippen LogP contribution is -2.53. The second kappa shape index (κ2) is 7.42. The van der Waals surface area contributed by atoms with E-state index in [0.29, 0.717) is 31.8 Å². The van der Waals surface area contributed by atoms with Gasteiger partial charge < -0.3 is 10.2 Å². The van der Waals surface area contributed by atoms with Crippen molar-refractivity contribution in [2.45, 2.75) is 38.0 Å². The third-order valence-electron chi connectivity index (χ3n) is 5.88. The van der Waals surface area contributed by atoms with Crippen molar-refractivity contribution in [3.05, 3.63) is 48.6 Å². The molecule has 4 heteroatoms. The summed E-state index contributed by atoms with van der Waals surface area (Å²) in [6.07, 6.45) is 5.24. The van der Waals surface area contributed by atoms with Gasteiger partial charge in [-0.25, -0.2) is 0 Å². The lowest BCUT2D eigenvalue weighted by molar-refractivity contribution is -0.134. The molecule has 0 aromatic heterocycles. The van der Waals surface area contributed by atoms with Crippen molar-refractivity contribution < 1.29 is 9.59 Å². The Kier molecular flexibility index (Phi) is 5.26. The van der Waals surface area contributed by atoms with Crippen LogP contribution in [0.3, 0.4) is 0 Å². The van der Waals surface area contributed by atoms with Crippen LogP contribution >= 0.6 is 0 Å². The first kappa shape index (κ1) is 17.7. The second-order valence-electron chi connectivity index (χ2n) is 7.50. The molecular weight excluding hydrogens is 312 g/mol. The number of rotatable bonds is 6. The third kappa shape index (κ3) is 3.78. The maximum absolute atomic E-state index is 13.2. The van der Waals surface area contributed by atoms with Crippen LogP contribution in [0.5, 0.6) is 0 Å². The SMILES string of the molecule is C=CC(=O)N1CCC(C(=O)NCC(C)C2CC2)(c2ccccc2)CC1. The number of nitrogens with one attached hydrogen (secondary N) is 1. The van der Waals surface area contributed by atoms with Crippen molar-refractivity contribution in [2.75, 3.05) is 19.6 Å². The molecule has 1 atom stereocenters. The van der Waals surface area contributed by atoms with E-state index in [1.807, 2.05) is 30.3 Å². The van der Waals surface area contributed by atoms with Gasteiger partial charge in [-0.05, 0) is 49.2 Å². The molecule has 0 spiro atoms. The van der Waals surface area contributed by atoms with Crippen LogP contribution in [0, 0.1) is 11.8 Å². The molecule has 0 bridgehead atoms. The Labute approximate surface area is 150 Å². The Morgan fingerprint density at radius 1 is 1.28 bits per heavy atom. The largest absolute Gasteiger partial charge is 0.355 e. The van der Waals surface area contributed by atoms with Crippen LogP contribution in [0.1, 0.15) is 38.2 Å². The summed E-state index contributed by atoms with van der Waals surface area (Å²) < 4.78 is 0. The molecule has 1 saturated carbocycles.